The van der Waals surface area contributed by atoms with Gasteiger partial charge in [0.25, 0.3) is 0 Å². The van der Waals surface area contributed by atoms with E-state index in [2.05, 4.69) is 4.74 Å². The molecule has 3 atom stereocenters. The molecule has 66 valence electrons. The van der Waals surface area contributed by atoms with Gasteiger partial charge in [0.15, 0.2) is 0 Å². The van der Waals surface area contributed by atoms with Crippen LogP contribution in [0.2, 0.25) is 0 Å². The number of esters is 1. The number of carbonyl (C=O) groups excluding carboxylic acids is 2. The first kappa shape index (κ1) is 7.77. The minimum Gasteiger partial charge on any atom is -0.469 e. The van der Waals surface area contributed by atoms with Crippen molar-refractivity contribution in [2.24, 2.45) is 17.8 Å². The molecule has 2 aliphatic carbocycles. The zero-order valence-corrected chi connectivity index (χ0v) is 7.08. The molecule has 0 heterocycles. The van der Waals surface area contributed by atoms with Crippen LogP contribution in [0.4, 0.5) is 0 Å². The molecule has 2 fully saturated rings. The fraction of sp³-hybridized carbons (Fsp3) is 0.778. The fourth-order valence-electron chi connectivity index (χ4n) is 2.35. The minimum atomic E-state index is -0.179. The number of ketones is 1. The van der Waals surface area contributed by atoms with E-state index in [4.69, 9.17) is 0 Å². The third kappa shape index (κ3) is 1.04. The van der Waals surface area contributed by atoms with Gasteiger partial charge in [-0.1, -0.05) is 0 Å². The summed E-state index contributed by atoms with van der Waals surface area (Å²) >= 11 is 0. The summed E-state index contributed by atoms with van der Waals surface area (Å²) in [6.07, 6.45) is 2.16. The Balaban J connectivity index is 1.88. The van der Waals surface area contributed by atoms with Crippen LogP contribution in [0.3, 0.4) is 0 Å². The Labute approximate surface area is 71.1 Å². The minimum absolute atomic E-state index is 0.179. The van der Waals surface area contributed by atoms with Crippen LogP contribution in [0.15, 0.2) is 0 Å². The monoisotopic (exact) mass is 168 g/mol. The zero-order chi connectivity index (χ0) is 8.72. The number of rotatable bonds is 2. The first-order valence-electron chi connectivity index (χ1n) is 4.33. The summed E-state index contributed by atoms with van der Waals surface area (Å²) in [6.45, 7) is 0. The summed E-state index contributed by atoms with van der Waals surface area (Å²) in [4.78, 5) is 22.0. The van der Waals surface area contributed by atoms with Gasteiger partial charge in [-0.25, -0.2) is 0 Å². The lowest BCUT2D eigenvalue weighted by atomic mass is 10.1. The smallest absolute Gasteiger partial charge is 0.305 e. The Bertz CT molecular complexity index is 234. The van der Waals surface area contributed by atoms with Crippen LogP contribution >= 0.6 is 0 Å². The Morgan fingerprint density at radius 3 is 2.92 bits per heavy atom. The SMILES string of the molecule is COC(=O)C[C@@H]1[C@H]2CCC(=O)[C@H]21. The highest BCUT2D eigenvalue weighted by atomic mass is 16.5. The predicted molar refractivity (Wildman–Crippen MR) is 41.3 cm³/mol. The molecule has 0 amide bonds. The van der Waals surface area contributed by atoms with Crippen molar-refractivity contribution in [1.29, 1.82) is 0 Å². The molecule has 0 aliphatic heterocycles. The molecule has 2 aliphatic rings. The summed E-state index contributed by atoms with van der Waals surface area (Å²) in [5.41, 5.74) is 0. The van der Waals surface area contributed by atoms with Crippen molar-refractivity contribution in [2.45, 2.75) is 19.3 Å². The lowest BCUT2D eigenvalue weighted by Crippen LogP contribution is -2.06. The number of fused-ring (bicyclic) bond motifs is 1. The number of carbonyl (C=O) groups is 2. The van der Waals surface area contributed by atoms with E-state index in [1.54, 1.807) is 0 Å². The molecule has 0 spiro atoms. The van der Waals surface area contributed by atoms with E-state index >= 15 is 0 Å². The van der Waals surface area contributed by atoms with E-state index in [0.717, 1.165) is 12.8 Å². The normalized spacial score (nSPS) is 37.8. The van der Waals surface area contributed by atoms with E-state index in [-0.39, 0.29) is 11.9 Å². The van der Waals surface area contributed by atoms with Crippen molar-refractivity contribution in [1.82, 2.24) is 0 Å². The third-order valence-corrected chi connectivity index (χ3v) is 3.06. The van der Waals surface area contributed by atoms with Gasteiger partial charge >= 0.3 is 5.97 Å². The number of Topliss-reactive ketones (excluding diaryl/α,β-unsaturated/α-hetero) is 1. The first-order valence-corrected chi connectivity index (χ1v) is 4.33. The summed E-state index contributed by atoms with van der Waals surface area (Å²) in [5, 5.41) is 0. The van der Waals surface area contributed by atoms with Crippen LogP contribution in [-0.2, 0) is 14.3 Å². The van der Waals surface area contributed by atoms with Crippen molar-refractivity contribution < 1.29 is 14.3 Å². The molecule has 12 heavy (non-hydrogen) atoms. The highest BCUT2D eigenvalue weighted by molar-refractivity contribution is 5.88. The Kier molecular flexibility index (Phi) is 1.67. The van der Waals surface area contributed by atoms with E-state index in [1.165, 1.54) is 7.11 Å². The number of hydrogen-bond donors (Lipinski definition) is 0. The summed E-state index contributed by atoms with van der Waals surface area (Å²) in [7, 11) is 1.39. The molecule has 0 unspecified atom stereocenters. The molecule has 2 rings (SSSR count). The van der Waals surface area contributed by atoms with E-state index in [0.29, 0.717) is 24.0 Å². The van der Waals surface area contributed by atoms with Crippen molar-refractivity contribution in [3.05, 3.63) is 0 Å². The molecule has 0 radical (unpaired) electrons. The van der Waals surface area contributed by atoms with E-state index < -0.39 is 0 Å². The summed E-state index contributed by atoms with van der Waals surface area (Å²) in [5.74, 6) is 1.22. The van der Waals surface area contributed by atoms with Gasteiger partial charge in [0.2, 0.25) is 0 Å². The Morgan fingerprint density at radius 2 is 2.42 bits per heavy atom. The highest BCUT2D eigenvalue weighted by Gasteiger charge is 2.58. The fourth-order valence-corrected chi connectivity index (χ4v) is 2.35. The molecule has 0 aromatic heterocycles. The van der Waals surface area contributed by atoms with Gasteiger partial charge in [-0.2, -0.15) is 0 Å². The second-order valence-corrected chi connectivity index (χ2v) is 3.64. The average molecular weight is 168 g/mol. The molecular weight excluding hydrogens is 156 g/mol. The maximum Gasteiger partial charge on any atom is 0.305 e. The van der Waals surface area contributed by atoms with Gasteiger partial charge in [0, 0.05) is 18.8 Å². The van der Waals surface area contributed by atoms with Gasteiger partial charge in [-0.3, -0.25) is 9.59 Å². The maximum atomic E-state index is 11.1. The third-order valence-electron chi connectivity index (χ3n) is 3.06. The zero-order valence-electron chi connectivity index (χ0n) is 7.08. The van der Waals surface area contributed by atoms with Gasteiger partial charge in [0.1, 0.15) is 5.78 Å². The van der Waals surface area contributed by atoms with Crippen LogP contribution in [0.25, 0.3) is 0 Å². The van der Waals surface area contributed by atoms with Crippen molar-refractivity contribution in [3.8, 4) is 0 Å². The first-order chi connectivity index (χ1) is 5.74. The molecule has 2 saturated carbocycles. The molecule has 0 N–H and O–H groups in total. The number of ether oxygens (including phenoxy) is 1. The van der Waals surface area contributed by atoms with Crippen LogP contribution in [0.5, 0.6) is 0 Å². The summed E-state index contributed by atoms with van der Waals surface area (Å²) in [6, 6.07) is 0. The molecule has 0 aromatic rings. The number of methoxy groups -OCH3 is 1. The van der Waals surface area contributed by atoms with E-state index in [1.807, 2.05) is 0 Å². The topological polar surface area (TPSA) is 43.4 Å². The highest BCUT2D eigenvalue weighted by Crippen LogP contribution is 2.57. The molecule has 0 bridgehead atoms. The molecule has 0 aromatic carbocycles. The molecule has 0 saturated heterocycles. The van der Waals surface area contributed by atoms with Crippen LogP contribution < -0.4 is 0 Å². The maximum absolute atomic E-state index is 11.1. The van der Waals surface area contributed by atoms with Gasteiger partial charge in [-0.15, -0.1) is 0 Å². The Hall–Kier alpha value is -0.860. The lowest BCUT2D eigenvalue weighted by Gasteiger charge is -1.99. The predicted octanol–water partition coefficient (Wildman–Crippen LogP) is 0.775. The molecule has 3 heteroatoms. The summed E-state index contributed by atoms with van der Waals surface area (Å²) < 4.78 is 4.55. The average Bonchev–Trinajstić information content (AvgIpc) is 2.59. The second-order valence-electron chi connectivity index (χ2n) is 3.64. The van der Waals surface area contributed by atoms with Crippen LogP contribution in [0.1, 0.15) is 19.3 Å². The quantitative estimate of drug-likeness (QED) is 0.572. The van der Waals surface area contributed by atoms with Crippen LogP contribution in [0, 0.1) is 17.8 Å². The number of hydrogen-bond acceptors (Lipinski definition) is 3. The molecular formula is C9H12O3. The Morgan fingerprint density at radius 1 is 1.67 bits per heavy atom. The largest absolute Gasteiger partial charge is 0.469 e. The van der Waals surface area contributed by atoms with Crippen molar-refractivity contribution in [3.63, 3.8) is 0 Å². The standard InChI is InChI=1S/C9H12O3/c1-12-8(11)4-6-5-2-3-7(10)9(5)6/h5-6,9H,2-4H2,1H3/t5-,6-,9-/m1/s1. The van der Waals surface area contributed by atoms with Crippen molar-refractivity contribution in [2.75, 3.05) is 7.11 Å². The van der Waals surface area contributed by atoms with Gasteiger partial charge in [-0.05, 0) is 18.3 Å². The molecule has 3 nitrogen and oxygen atoms in total. The van der Waals surface area contributed by atoms with Gasteiger partial charge < -0.3 is 4.74 Å². The lowest BCUT2D eigenvalue weighted by molar-refractivity contribution is -0.141. The van der Waals surface area contributed by atoms with Crippen molar-refractivity contribution >= 4 is 11.8 Å². The van der Waals surface area contributed by atoms with E-state index in [9.17, 15) is 9.59 Å². The van der Waals surface area contributed by atoms with Crippen LogP contribution in [-0.4, -0.2) is 18.9 Å². The second kappa shape index (κ2) is 2.57. The van der Waals surface area contributed by atoms with Gasteiger partial charge in [0.05, 0.1) is 7.11 Å².